The zero-order valence-electron chi connectivity index (χ0n) is 8.88. The normalized spacial score (nSPS) is 11.4. The Morgan fingerprint density at radius 3 is 2.71 bits per heavy atom. The van der Waals surface area contributed by atoms with Crippen LogP contribution in [0.1, 0.15) is 5.76 Å². The molecule has 0 radical (unpaired) electrons. The molecule has 0 amide bonds. The van der Waals surface area contributed by atoms with E-state index >= 15 is 0 Å². The standard InChI is InChI=1S/C9H12F2N2O4/c10-8(11)6-12(3-4-14)5-7-1-2-9(17-7)13(15)16/h1-2,8,14H,3-6H2. The summed E-state index contributed by atoms with van der Waals surface area (Å²) in [6, 6.07) is 2.52. The van der Waals surface area contributed by atoms with Crippen LogP contribution in [0.15, 0.2) is 16.5 Å². The lowest BCUT2D eigenvalue weighted by Gasteiger charge is -2.18. The van der Waals surface area contributed by atoms with Gasteiger partial charge in [-0.15, -0.1) is 0 Å². The van der Waals surface area contributed by atoms with Crippen molar-refractivity contribution in [3.05, 3.63) is 28.0 Å². The third kappa shape index (κ3) is 4.45. The van der Waals surface area contributed by atoms with Crippen molar-refractivity contribution in [1.29, 1.82) is 0 Å². The van der Waals surface area contributed by atoms with Crippen LogP contribution in [0, 0.1) is 10.1 Å². The fraction of sp³-hybridized carbons (Fsp3) is 0.556. The Morgan fingerprint density at radius 2 is 2.24 bits per heavy atom. The molecule has 0 saturated heterocycles. The maximum Gasteiger partial charge on any atom is 0.433 e. The first-order chi connectivity index (χ1) is 8.02. The first-order valence-corrected chi connectivity index (χ1v) is 4.87. The summed E-state index contributed by atoms with van der Waals surface area (Å²) < 4.78 is 29.2. The average molecular weight is 250 g/mol. The summed E-state index contributed by atoms with van der Waals surface area (Å²) in [6.45, 7) is -0.734. The van der Waals surface area contributed by atoms with Gasteiger partial charge in [-0.3, -0.25) is 15.0 Å². The molecule has 1 aromatic rings. The van der Waals surface area contributed by atoms with E-state index in [-0.39, 0.29) is 25.5 Å². The predicted octanol–water partition coefficient (Wildman–Crippen LogP) is 1.25. The highest BCUT2D eigenvalue weighted by atomic mass is 19.3. The van der Waals surface area contributed by atoms with Crippen LogP contribution in [0.2, 0.25) is 0 Å². The molecule has 0 spiro atoms. The molecule has 1 heterocycles. The fourth-order valence-corrected chi connectivity index (χ4v) is 1.34. The minimum absolute atomic E-state index is 0.00125. The lowest BCUT2D eigenvalue weighted by molar-refractivity contribution is -0.402. The molecule has 8 heteroatoms. The van der Waals surface area contributed by atoms with Crippen LogP contribution >= 0.6 is 0 Å². The zero-order chi connectivity index (χ0) is 12.8. The molecule has 0 saturated carbocycles. The molecular weight excluding hydrogens is 238 g/mol. The van der Waals surface area contributed by atoms with E-state index in [0.717, 1.165) is 6.07 Å². The van der Waals surface area contributed by atoms with Gasteiger partial charge in [-0.2, -0.15) is 0 Å². The molecule has 0 aliphatic carbocycles. The smallest absolute Gasteiger partial charge is 0.404 e. The predicted molar refractivity (Wildman–Crippen MR) is 53.7 cm³/mol. The van der Waals surface area contributed by atoms with E-state index in [1.165, 1.54) is 11.0 Å². The first kappa shape index (κ1) is 13.5. The largest absolute Gasteiger partial charge is 0.433 e. The number of halogens is 2. The van der Waals surface area contributed by atoms with E-state index in [4.69, 9.17) is 9.52 Å². The number of aliphatic hydroxyl groups is 1. The van der Waals surface area contributed by atoms with Gasteiger partial charge in [0.05, 0.1) is 25.8 Å². The summed E-state index contributed by atoms with van der Waals surface area (Å²) in [5.74, 6) is -0.216. The number of hydrogen-bond donors (Lipinski definition) is 1. The van der Waals surface area contributed by atoms with Gasteiger partial charge >= 0.3 is 5.88 Å². The average Bonchev–Trinajstić information content (AvgIpc) is 2.65. The molecule has 0 bridgehead atoms. The zero-order valence-corrected chi connectivity index (χ0v) is 8.88. The minimum Gasteiger partial charge on any atom is -0.404 e. The van der Waals surface area contributed by atoms with Crippen LogP contribution < -0.4 is 0 Å². The Balaban J connectivity index is 2.61. The lowest BCUT2D eigenvalue weighted by Crippen LogP contribution is -2.31. The third-order valence-electron chi connectivity index (χ3n) is 2.02. The summed E-state index contributed by atoms with van der Waals surface area (Å²) >= 11 is 0. The summed E-state index contributed by atoms with van der Waals surface area (Å²) in [5, 5.41) is 19.0. The maximum atomic E-state index is 12.2. The molecule has 0 aromatic carbocycles. The number of rotatable bonds is 7. The highest BCUT2D eigenvalue weighted by Gasteiger charge is 2.16. The van der Waals surface area contributed by atoms with Gasteiger partial charge in [-0.05, 0) is 6.07 Å². The molecule has 0 unspecified atom stereocenters. The monoisotopic (exact) mass is 250 g/mol. The summed E-state index contributed by atoms with van der Waals surface area (Å²) in [4.78, 5) is 10.9. The summed E-state index contributed by atoms with van der Waals surface area (Å²) in [7, 11) is 0. The SMILES string of the molecule is O=[N+]([O-])c1ccc(CN(CCO)CC(F)F)o1. The molecule has 96 valence electrons. The van der Waals surface area contributed by atoms with Gasteiger partial charge in [0.15, 0.2) is 0 Å². The van der Waals surface area contributed by atoms with Crippen molar-refractivity contribution in [2.75, 3.05) is 19.7 Å². The van der Waals surface area contributed by atoms with Gasteiger partial charge in [-0.1, -0.05) is 0 Å². The van der Waals surface area contributed by atoms with Crippen molar-refractivity contribution < 1.29 is 23.2 Å². The highest BCUT2D eigenvalue weighted by molar-refractivity contribution is 5.17. The number of aliphatic hydroxyl groups excluding tert-OH is 1. The Kier molecular flexibility index (Phi) is 4.98. The molecular formula is C9H12F2N2O4. The number of alkyl halides is 2. The highest BCUT2D eigenvalue weighted by Crippen LogP contribution is 2.17. The molecule has 6 nitrogen and oxygen atoms in total. The molecule has 0 atom stereocenters. The van der Waals surface area contributed by atoms with E-state index in [1.807, 2.05) is 0 Å². The van der Waals surface area contributed by atoms with Crippen molar-refractivity contribution in [2.45, 2.75) is 13.0 Å². The first-order valence-electron chi connectivity index (χ1n) is 4.87. The Labute approximate surface area is 95.6 Å². The topological polar surface area (TPSA) is 79.8 Å². The van der Waals surface area contributed by atoms with Crippen molar-refractivity contribution in [2.24, 2.45) is 0 Å². The van der Waals surface area contributed by atoms with Gasteiger partial charge < -0.3 is 9.52 Å². The maximum absolute atomic E-state index is 12.2. The Morgan fingerprint density at radius 1 is 1.53 bits per heavy atom. The molecule has 0 fully saturated rings. The van der Waals surface area contributed by atoms with E-state index in [1.54, 1.807) is 0 Å². The molecule has 1 aromatic heterocycles. The Bertz CT molecular complexity index is 370. The molecule has 17 heavy (non-hydrogen) atoms. The quantitative estimate of drug-likeness (QED) is 0.581. The number of nitrogens with zero attached hydrogens (tertiary/aromatic N) is 2. The van der Waals surface area contributed by atoms with Crippen molar-refractivity contribution >= 4 is 5.88 Å². The second-order valence-corrected chi connectivity index (χ2v) is 3.35. The minimum atomic E-state index is -2.54. The molecule has 0 aliphatic heterocycles. The number of hydrogen-bond acceptors (Lipinski definition) is 5. The lowest BCUT2D eigenvalue weighted by atomic mass is 10.4. The second-order valence-electron chi connectivity index (χ2n) is 3.35. The molecule has 0 aliphatic rings. The van der Waals surface area contributed by atoms with Crippen molar-refractivity contribution in [3.8, 4) is 0 Å². The fourth-order valence-electron chi connectivity index (χ4n) is 1.34. The van der Waals surface area contributed by atoms with E-state index < -0.39 is 23.8 Å². The summed E-state index contributed by atoms with van der Waals surface area (Å²) in [5.41, 5.74) is 0. The van der Waals surface area contributed by atoms with Gasteiger partial charge in [0.25, 0.3) is 6.43 Å². The third-order valence-corrected chi connectivity index (χ3v) is 2.02. The van der Waals surface area contributed by atoms with E-state index in [2.05, 4.69) is 0 Å². The van der Waals surface area contributed by atoms with Crippen LogP contribution in [-0.4, -0.2) is 41.1 Å². The van der Waals surface area contributed by atoms with Crippen LogP contribution in [0.4, 0.5) is 14.7 Å². The van der Waals surface area contributed by atoms with Gasteiger partial charge in [-0.25, -0.2) is 8.78 Å². The van der Waals surface area contributed by atoms with Gasteiger partial charge in [0.2, 0.25) is 0 Å². The van der Waals surface area contributed by atoms with Crippen LogP contribution in [0.25, 0.3) is 0 Å². The van der Waals surface area contributed by atoms with Crippen LogP contribution in [0.3, 0.4) is 0 Å². The number of nitro groups is 1. The molecule has 1 rings (SSSR count). The van der Waals surface area contributed by atoms with Crippen molar-refractivity contribution in [1.82, 2.24) is 4.90 Å². The van der Waals surface area contributed by atoms with Gasteiger partial charge in [0, 0.05) is 6.54 Å². The van der Waals surface area contributed by atoms with Crippen LogP contribution in [-0.2, 0) is 6.54 Å². The van der Waals surface area contributed by atoms with Gasteiger partial charge in [0.1, 0.15) is 10.7 Å². The summed E-state index contributed by atoms with van der Waals surface area (Å²) in [6.07, 6.45) is -2.54. The number of furan rings is 1. The molecule has 1 N–H and O–H groups in total. The second kappa shape index (κ2) is 6.26. The van der Waals surface area contributed by atoms with Crippen molar-refractivity contribution in [3.63, 3.8) is 0 Å². The Hall–Kier alpha value is -1.54. The van der Waals surface area contributed by atoms with Crippen LogP contribution in [0.5, 0.6) is 0 Å². The van der Waals surface area contributed by atoms with E-state index in [0.29, 0.717) is 0 Å². The van der Waals surface area contributed by atoms with E-state index in [9.17, 15) is 18.9 Å².